The second-order valence-corrected chi connectivity index (χ2v) is 7.01. The second kappa shape index (κ2) is 8.99. The Morgan fingerprint density at radius 2 is 1.87 bits per heavy atom. The van der Waals surface area contributed by atoms with Crippen LogP contribution in [0.25, 0.3) is 16.5 Å². The van der Waals surface area contributed by atoms with Crippen LogP contribution in [0, 0.1) is 0 Å². The van der Waals surface area contributed by atoms with E-state index in [1.54, 1.807) is 25.1 Å². The molecule has 160 valence electrons. The first-order valence-electron chi connectivity index (χ1n) is 9.49. The molecule has 0 saturated heterocycles. The predicted molar refractivity (Wildman–Crippen MR) is 118 cm³/mol. The molecule has 0 aliphatic rings. The Kier molecular flexibility index (Phi) is 6.39. The van der Waals surface area contributed by atoms with Gasteiger partial charge < -0.3 is 11.1 Å². The number of halogens is 3. The number of benzene rings is 2. The number of hydrogen-bond donors (Lipinski definition) is 2. The molecular formula is C23H22F3N5. The summed E-state index contributed by atoms with van der Waals surface area (Å²) in [6.07, 6.45) is -2.23. The van der Waals surface area contributed by atoms with Gasteiger partial charge in [-0.3, -0.25) is 0 Å². The Labute approximate surface area is 178 Å². The molecule has 0 bridgehead atoms. The fraction of sp³-hybridized carbons (Fsp3) is 0.174. The Hall–Kier alpha value is -3.68. The summed E-state index contributed by atoms with van der Waals surface area (Å²) >= 11 is 0. The third-order valence-electron chi connectivity index (χ3n) is 4.86. The number of nitrogens with zero attached hydrogens (tertiary/aromatic N) is 3. The van der Waals surface area contributed by atoms with Crippen molar-refractivity contribution in [2.45, 2.75) is 26.1 Å². The summed E-state index contributed by atoms with van der Waals surface area (Å²) in [5, 5.41) is 4.05. The van der Waals surface area contributed by atoms with Gasteiger partial charge in [-0.25, -0.2) is 15.0 Å². The highest BCUT2D eigenvalue weighted by Gasteiger charge is 2.34. The number of alkyl halides is 3. The van der Waals surface area contributed by atoms with E-state index in [9.17, 15) is 13.2 Å². The van der Waals surface area contributed by atoms with Gasteiger partial charge >= 0.3 is 6.18 Å². The Morgan fingerprint density at radius 3 is 2.52 bits per heavy atom. The van der Waals surface area contributed by atoms with Crippen LogP contribution in [-0.4, -0.2) is 22.9 Å². The zero-order chi connectivity index (χ0) is 22.6. The summed E-state index contributed by atoms with van der Waals surface area (Å²) in [6, 6.07) is 15.0. The van der Waals surface area contributed by atoms with Crippen molar-refractivity contribution in [1.29, 1.82) is 0 Å². The number of nitrogens with two attached hydrogens (primary N) is 1. The van der Waals surface area contributed by atoms with Gasteiger partial charge in [0.2, 0.25) is 0 Å². The standard InChI is InChI=1S/C23H22F3N5/c1-14(11-19(21(27)28-3)23(24,25)26)17-9-10-20-18(12-17)22(30-13-29-20)31-15(2)16-7-5-4-6-8-16/h4-13,15H,3,27H2,1-2H3,(H,29,30,31)/b14-11+,21-19+. The van der Waals surface area contributed by atoms with E-state index < -0.39 is 17.6 Å². The van der Waals surface area contributed by atoms with Gasteiger partial charge in [-0.1, -0.05) is 36.4 Å². The third kappa shape index (κ3) is 5.09. The number of fused-ring (bicyclic) bond motifs is 1. The van der Waals surface area contributed by atoms with Crippen LogP contribution in [0.3, 0.4) is 0 Å². The first kappa shape index (κ1) is 22.0. The molecule has 0 spiro atoms. The molecule has 0 radical (unpaired) electrons. The van der Waals surface area contributed by atoms with Gasteiger partial charge in [0, 0.05) is 11.4 Å². The lowest BCUT2D eigenvalue weighted by atomic mass is 10.0. The molecule has 0 aliphatic carbocycles. The molecule has 3 aromatic rings. The summed E-state index contributed by atoms with van der Waals surface area (Å²) in [5.41, 5.74) is 7.07. The normalized spacial score (nSPS) is 14.2. The van der Waals surface area contributed by atoms with E-state index in [2.05, 4.69) is 27.0 Å². The van der Waals surface area contributed by atoms with Crippen molar-refractivity contribution in [2.24, 2.45) is 10.7 Å². The van der Waals surface area contributed by atoms with Crippen LogP contribution < -0.4 is 11.1 Å². The molecule has 0 amide bonds. The van der Waals surface area contributed by atoms with E-state index in [4.69, 9.17) is 5.73 Å². The zero-order valence-corrected chi connectivity index (χ0v) is 17.1. The first-order valence-corrected chi connectivity index (χ1v) is 9.49. The van der Waals surface area contributed by atoms with Gasteiger partial charge in [-0.05, 0) is 55.5 Å². The lowest BCUT2D eigenvalue weighted by molar-refractivity contribution is -0.0890. The molecule has 0 fully saturated rings. The van der Waals surface area contributed by atoms with E-state index in [1.807, 2.05) is 37.3 Å². The molecule has 5 nitrogen and oxygen atoms in total. The van der Waals surface area contributed by atoms with Crippen molar-refractivity contribution >= 4 is 29.0 Å². The smallest absolute Gasteiger partial charge is 0.383 e. The van der Waals surface area contributed by atoms with Crippen LogP contribution >= 0.6 is 0 Å². The van der Waals surface area contributed by atoms with Crippen molar-refractivity contribution in [1.82, 2.24) is 9.97 Å². The zero-order valence-electron chi connectivity index (χ0n) is 17.1. The number of hydrogen-bond acceptors (Lipinski definition) is 5. The number of aliphatic imine (C=N–C) groups is 1. The minimum atomic E-state index is -4.65. The lowest BCUT2D eigenvalue weighted by Gasteiger charge is -2.16. The van der Waals surface area contributed by atoms with Crippen LogP contribution in [0.5, 0.6) is 0 Å². The SMILES string of the molecule is C=N/C(N)=C(\C=C(/C)c1ccc2ncnc(NC(C)c3ccccc3)c2c1)C(F)(F)F. The number of allylic oxidation sites excluding steroid dienone is 3. The summed E-state index contributed by atoms with van der Waals surface area (Å²) in [5.74, 6) is -0.0788. The van der Waals surface area contributed by atoms with Crippen molar-refractivity contribution in [2.75, 3.05) is 5.32 Å². The molecule has 2 aromatic carbocycles. The maximum absolute atomic E-state index is 13.4. The van der Waals surface area contributed by atoms with Gasteiger partial charge in [-0.2, -0.15) is 13.2 Å². The van der Waals surface area contributed by atoms with Crippen molar-refractivity contribution in [3.05, 3.63) is 83.5 Å². The fourth-order valence-electron chi connectivity index (χ4n) is 3.13. The van der Waals surface area contributed by atoms with E-state index in [-0.39, 0.29) is 6.04 Å². The number of rotatable bonds is 6. The molecule has 1 atom stereocenters. The monoisotopic (exact) mass is 425 g/mol. The highest BCUT2D eigenvalue weighted by atomic mass is 19.4. The predicted octanol–water partition coefficient (Wildman–Crippen LogP) is 5.64. The van der Waals surface area contributed by atoms with Crippen molar-refractivity contribution in [3.63, 3.8) is 0 Å². The molecule has 0 saturated carbocycles. The molecule has 0 aliphatic heterocycles. The molecule has 1 unspecified atom stereocenters. The highest BCUT2D eigenvalue weighted by Crippen LogP contribution is 2.32. The maximum atomic E-state index is 13.4. The van der Waals surface area contributed by atoms with Crippen LogP contribution in [0.15, 0.2) is 77.3 Å². The Morgan fingerprint density at radius 1 is 1.16 bits per heavy atom. The summed E-state index contributed by atoms with van der Waals surface area (Å²) < 4.78 is 40.1. The Balaban J connectivity index is 2.02. The van der Waals surface area contributed by atoms with Crippen LogP contribution in [-0.2, 0) is 0 Å². The average Bonchev–Trinajstić information content (AvgIpc) is 2.76. The lowest BCUT2D eigenvalue weighted by Crippen LogP contribution is -2.16. The van der Waals surface area contributed by atoms with E-state index in [0.717, 1.165) is 11.6 Å². The molecule has 8 heteroatoms. The van der Waals surface area contributed by atoms with E-state index in [1.165, 1.54) is 6.33 Å². The van der Waals surface area contributed by atoms with E-state index >= 15 is 0 Å². The summed E-state index contributed by atoms with van der Waals surface area (Å²) in [7, 11) is 0. The topological polar surface area (TPSA) is 76.2 Å². The molecule has 31 heavy (non-hydrogen) atoms. The first-order chi connectivity index (χ1) is 14.7. The van der Waals surface area contributed by atoms with Gasteiger partial charge in [0.15, 0.2) is 0 Å². The summed E-state index contributed by atoms with van der Waals surface area (Å²) in [6.45, 7) is 6.67. The molecule has 3 rings (SSSR count). The van der Waals surface area contributed by atoms with Gasteiger partial charge in [0.05, 0.1) is 11.1 Å². The average molecular weight is 425 g/mol. The van der Waals surface area contributed by atoms with Gasteiger partial charge in [0.25, 0.3) is 0 Å². The highest BCUT2D eigenvalue weighted by molar-refractivity contribution is 5.91. The third-order valence-corrected chi connectivity index (χ3v) is 4.86. The van der Waals surface area contributed by atoms with Crippen LogP contribution in [0.4, 0.5) is 19.0 Å². The summed E-state index contributed by atoms with van der Waals surface area (Å²) in [4.78, 5) is 11.8. The second-order valence-electron chi connectivity index (χ2n) is 7.01. The minimum Gasteiger partial charge on any atom is -0.383 e. The van der Waals surface area contributed by atoms with Gasteiger partial charge in [0.1, 0.15) is 18.0 Å². The molecular weight excluding hydrogens is 403 g/mol. The maximum Gasteiger partial charge on any atom is 0.419 e. The van der Waals surface area contributed by atoms with Crippen molar-refractivity contribution in [3.8, 4) is 0 Å². The quantitative estimate of drug-likeness (QED) is 0.396. The molecule has 1 heterocycles. The van der Waals surface area contributed by atoms with E-state index in [0.29, 0.717) is 27.9 Å². The number of nitrogens with one attached hydrogen (secondary N) is 1. The number of anilines is 1. The largest absolute Gasteiger partial charge is 0.419 e. The van der Waals surface area contributed by atoms with Crippen molar-refractivity contribution < 1.29 is 13.2 Å². The molecule has 1 aromatic heterocycles. The molecule has 3 N–H and O–H groups in total. The number of aromatic nitrogens is 2. The fourth-order valence-corrected chi connectivity index (χ4v) is 3.13. The van der Waals surface area contributed by atoms with Crippen LogP contribution in [0.1, 0.15) is 31.0 Å². The minimum absolute atomic E-state index is 0.0298. The Bertz CT molecular complexity index is 1150. The van der Waals surface area contributed by atoms with Crippen LogP contribution in [0.2, 0.25) is 0 Å². The van der Waals surface area contributed by atoms with Gasteiger partial charge in [-0.15, -0.1) is 0 Å².